The van der Waals surface area contributed by atoms with Gasteiger partial charge in [0.25, 0.3) is 0 Å². The van der Waals surface area contributed by atoms with Crippen molar-refractivity contribution in [1.82, 2.24) is 9.80 Å². The molecule has 0 spiro atoms. The molecule has 3 atom stereocenters. The van der Waals surface area contributed by atoms with Gasteiger partial charge < -0.3 is 9.64 Å². The van der Waals surface area contributed by atoms with E-state index >= 15 is 0 Å². The minimum absolute atomic E-state index is 0.176. The van der Waals surface area contributed by atoms with E-state index in [1.807, 2.05) is 11.0 Å². The molecular formula is C19H26Cl2N2O2. The van der Waals surface area contributed by atoms with E-state index in [0.717, 1.165) is 44.6 Å². The van der Waals surface area contributed by atoms with Crippen LogP contribution in [0.25, 0.3) is 0 Å². The molecule has 138 valence electrons. The van der Waals surface area contributed by atoms with Gasteiger partial charge in [0, 0.05) is 32.2 Å². The zero-order chi connectivity index (χ0) is 18.0. The maximum atomic E-state index is 12.8. The molecule has 0 saturated carbocycles. The highest BCUT2D eigenvalue weighted by atomic mass is 35.5. The van der Waals surface area contributed by atoms with Crippen molar-refractivity contribution in [1.29, 1.82) is 0 Å². The number of hydrogen-bond donors (Lipinski definition) is 0. The number of halogens is 2. The van der Waals surface area contributed by atoms with Crippen LogP contribution in [-0.4, -0.2) is 60.1 Å². The predicted molar refractivity (Wildman–Crippen MR) is 101 cm³/mol. The first-order valence-corrected chi connectivity index (χ1v) is 9.79. The fourth-order valence-electron chi connectivity index (χ4n) is 4.01. The Kier molecular flexibility index (Phi) is 6.26. The number of benzene rings is 1. The summed E-state index contributed by atoms with van der Waals surface area (Å²) in [6.07, 6.45) is 3.04. The van der Waals surface area contributed by atoms with Crippen molar-refractivity contribution in [2.24, 2.45) is 0 Å². The Labute approximate surface area is 160 Å². The molecular weight excluding hydrogens is 359 g/mol. The van der Waals surface area contributed by atoms with E-state index in [1.165, 1.54) is 0 Å². The van der Waals surface area contributed by atoms with Gasteiger partial charge in [-0.25, -0.2) is 0 Å². The van der Waals surface area contributed by atoms with Crippen LogP contribution in [0.2, 0.25) is 10.0 Å². The van der Waals surface area contributed by atoms with Gasteiger partial charge in [0.05, 0.1) is 28.7 Å². The number of carbonyl (C=O) groups is 1. The number of likely N-dealkylation sites (tertiary alicyclic amines) is 1. The van der Waals surface area contributed by atoms with Gasteiger partial charge in [-0.3, -0.25) is 9.69 Å². The lowest BCUT2D eigenvalue weighted by molar-refractivity contribution is -0.132. The fourth-order valence-corrected chi connectivity index (χ4v) is 4.33. The number of rotatable bonds is 4. The standard InChI is InChI=1S/C19H26Cl2N2O2/c1-13-10-22(11-14(2)25-13)12-16-4-3-7-23(16)19(24)9-15-5-6-17(20)18(21)8-15/h5-6,8,13-14,16H,3-4,7,9-12H2,1-2H3. The summed E-state index contributed by atoms with van der Waals surface area (Å²) >= 11 is 12.0. The molecule has 0 bridgehead atoms. The first-order valence-electron chi connectivity index (χ1n) is 9.03. The topological polar surface area (TPSA) is 32.8 Å². The number of amides is 1. The van der Waals surface area contributed by atoms with Crippen molar-refractivity contribution in [3.05, 3.63) is 33.8 Å². The zero-order valence-corrected chi connectivity index (χ0v) is 16.4. The van der Waals surface area contributed by atoms with Gasteiger partial charge in [0.2, 0.25) is 5.91 Å². The maximum Gasteiger partial charge on any atom is 0.227 e. The maximum absolute atomic E-state index is 12.8. The Morgan fingerprint density at radius 1 is 1.20 bits per heavy atom. The number of carbonyl (C=O) groups excluding carboxylic acids is 1. The summed E-state index contributed by atoms with van der Waals surface area (Å²) in [7, 11) is 0. The van der Waals surface area contributed by atoms with Crippen molar-refractivity contribution in [2.75, 3.05) is 26.2 Å². The Balaban J connectivity index is 1.60. The highest BCUT2D eigenvalue weighted by molar-refractivity contribution is 6.42. The van der Waals surface area contributed by atoms with Gasteiger partial charge in [-0.2, -0.15) is 0 Å². The molecule has 25 heavy (non-hydrogen) atoms. The van der Waals surface area contributed by atoms with Crippen LogP contribution in [0, 0.1) is 0 Å². The summed E-state index contributed by atoms with van der Waals surface area (Å²) in [5.41, 5.74) is 0.915. The Morgan fingerprint density at radius 2 is 1.92 bits per heavy atom. The van der Waals surface area contributed by atoms with Crippen LogP contribution in [0.1, 0.15) is 32.3 Å². The second-order valence-electron chi connectivity index (χ2n) is 7.28. The average molecular weight is 385 g/mol. The van der Waals surface area contributed by atoms with Gasteiger partial charge in [-0.15, -0.1) is 0 Å². The lowest BCUT2D eigenvalue weighted by atomic mass is 10.1. The number of morpholine rings is 1. The fraction of sp³-hybridized carbons (Fsp3) is 0.632. The Bertz CT molecular complexity index is 615. The highest BCUT2D eigenvalue weighted by Crippen LogP contribution is 2.25. The first kappa shape index (κ1) is 19.0. The molecule has 0 N–H and O–H groups in total. The van der Waals surface area contributed by atoms with Gasteiger partial charge in [-0.1, -0.05) is 29.3 Å². The van der Waals surface area contributed by atoms with Gasteiger partial charge >= 0.3 is 0 Å². The number of ether oxygens (including phenoxy) is 1. The minimum Gasteiger partial charge on any atom is -0.373 e. The molecule has 2 heterocycles. The van der Waals surface area contributed by atoms with Crippen molar-refractivity contribution in [2.45, 2.75) is 51.4 Å². The molecule has 2 aliphatic rings. The van der Waals surface area contributed by atoms with E-state index in [2.05, 4.69) is 18.7 Å². The SMILES string of the molecule is CC1CN(CC2CCCN2C(=O)Cc2ccc(Cl)c(Cl)c2)CC(C)O1. The molecule has 0 aliphatic carbocycles. The third-order valence-electron chi connectivity index (χ3n) is 5.00. The molecule has 4 nitrogen and oxygen atoms in total. The number of nitrogens with zero attached hydrogens (tertiary/aromatic N) is 2. The van der Waals surface area contributed by atoms with Gasteiger partial charge in [0.15, 0.2) is 0 Å². The van der Waals surface area contributed by atoms with Crippen LogP contribution in [0.4, 0.5) is 0 Å². The molecule has 0 aromatic heterocycles. The predicted octanol–water partition coefficient (Wildman–Crippen LogP) is 3.64. The summed E-state index contributed by atoms with van der Waals surface area (Å²) in [5, 5.41) is 1.02. The second-order valence-corrected chi connectivity index (χ2v) is 8.10. The summed E-state index contributed by atoms with van der Waals surface area (Å²) < 4.78 is 5.81. The largest absolute Gasteiger partial charge is 0.373 e. The van der Waals surface area contributed by atoms with E-state index in [-0.39, 0.29) is 18.1 Å². The minimum atomic E-state index is 0.176. The second kappa shape index (κ2) is 8.26. The van der Waals surface area contributed by atoms with Crippen LogP contribution in [0.3, 0.4) is 0 Å². The van der Waals surface area contributed by atoms with Crippen LogP contribution in [-0.2, 0) is 16.0 Å². The third kappa shape index (κ3) is 4.88. The molecule has 2 saturated heterocycles. The van der Waals surface area contributed by atoms with Crippen LogP contribution in [0.5, 0.6) is 0 Å². The smallest absolute Gasteiger partial charge is 0.227 e. The molecule has 3 rings (SSSR count). The van der Waals surface area contributed by atoms with Crippen LogP contribution >= 0.6 is 23.2 Å². The van der Waals surface area contributed by atoms with E-state index in [0.29, 0.717) is 22.5 Å². The normalized spacial score (nSPS) is 27.7. The van der Waals surface area contributed by atoms with E-state index < -0.39 is 0 Å². The van der Waals surface area contributed by atoms with Crippen molar-refractivity contribution in [3.8, 4) is 0 Å². The van der Waals surface area contributed by atoms with Crippen LogP contribution < -0.4 is 0 Å². The quantitative estimate of drug-likeness (QED) is 0.794. The lowest BCUT2D eigenvalue weighted by Crippen LogP contribution is -2.51. The monoisotopic (exact) mass is 384 g/mol. The molecule has 1 amide bonds. The average Bonchev–Trinajstić information content (AvgIpc) is 2.98. The molecule has 6 heteroatoms. The highest BCUT2D eigenvalue weighted by Gasteiger charge is 2.32. The van der Waals surface area contributed by atoms with Crippen molar-refractivity contribution >= 4 is 29.1 Å². The summed E-state index contributed by atoms with van der Waals surface area (Å²) in [4.78, 5) is 17.3. The molecule has 1 aromatic carbocycles. The number of hydrogen-bond acceptors (Lipinski definition) is 3. The molecule has 1 aromatic rings. The van der Waals surface area contributed by atoms with Crippen molar-refractivity contribution in [3.63, 3.8) is 0 Å². The Morgan fingerprint density at radius 3 is 2.60 bits per heavy atom. The molecule has 2 fully saturated rings. The first-order chi connectivity index (χ1) is 11.9. The van der Waals surface area contributed by atoms with Crippen LogP contribution in [0.15, 0.2) is 18.2 Å². The summed E-state index contributed by atoms with van der Waals surface area (Å²) in [6.45, 7) is 7.89. The summed E-state index contributed by atoms with van der Waals surface area (Å²) in [5.74, 6) is 0.176. The molecule has 0 radical (unpaired) electrons. The van der Waals surface area contributed by atoms with Crippen molar-refractivity contribution < 1.29 is 9.53 Å². The third-order valence-corrected chi connectivity index (χ3v) is 5.74. The van der Waals surface area contributed by atoms with E-state index in [9.17, 15) is 4.79 Å². The Hall–Kier alpha value is -0.810. The summed E-state index contributed by atoms with van der Waals surface area (Å²) in [6, 6.07) is 5.72. The lowest BCUT2D eigenvalue weighted by Gasteiger charge is -2.38. The van der Waals surface area contributed by atoms with E-state index in [1.54, 1.807) is 12.1 Å². The molecule has 3 unspecified atom stereocenters. The molecule has 2 aliphatic heterocycles. The van der Waals surface area contributed by atoms with Gasteiger partial charge in [0.1, 0.15) is 0 Å². The van der Waals surface area contributed by atoms with Gasteiger partial charge in [-0.05, 0) is 44.4 Å². The zero-order valence-electron chi connectivity index (χ0n) is 14.9. The van der Waals surface area contributed by atoms with E-state index in [4.69, 9.17) is 27.9 Å².